The Hall–Kier alpha value is -2.59. The highest BCUT2D eigenvalue weighted by Gasteiger charge is 2.06. The third-order valence-corrected chi connectivity index (χ3v) is 3.48. The van der Waals surface area contributed by atoms with Crippen LogP contribution in [0.15, 0.2) is 48.5 Å². The standard InChI is InChI=1S/C20H18O/c1-4-6-19(14-21)20-13-18(10-7-15(20)3)17-11-8-16(5-2)9-12-17/h2,6-14H,4H2,1,3H3/b19-6-. The Balaban J connectivity index is 2.49. The predicted molar refractivity (Wildman–Crippen MR) is 88.9 cm³/mol. The fourth-order valence-corrected chi connectivity index (χ4v) is 2.31. The molecule has 0 fully saturated rings. The van der Waals surface area contributed by atoms with Gasteiger partial charge in [0.25, 0.3) is 0 Å². The molecule has 0 bridgehead atoms. The van der Waals surface area contributed by atoms with Gasteiger partial charge in [-0.25, -0.2) is 0 Å². The van der Waals surface area contributed by atoms with Gasteiger partial charge in [0.1, 0.15) is 6.29 Å². The van der Waals surface area contributed by atoms with Crippen molar-refractivity contribution in [3.05, 3.63) is 65.2 Å². The summed E-state index contributed by atoms with van der Waals surface area (Å²) in [5, 5.41) is 0. The normalized spacial score (nSPS) is 11.0. The minimum absolute atomic E-state index is 0.747. The fraction of sp³-hybridized carbons (Fsp3) is 0.150. The maximum absolute atomic E-state index is 11.3. The van der Waals surface area contributed by atoms with Gasteiger partial charge in [-0.1, -0.05) is 43.2 Å². The Morgan fingerprint density at radius 3 is 2.38 bits per heavy atom. The Labute approximate surface area is 126 Å². The van der Waals surface area contributed by atoms with Gasteiger partial charge in [0.05, 0.1) is 0 Å². The first kappa shape index (κ1) is 14.8. The van der Waals surface area contributed by atoms with Crippen LogP contribution in [0.3, 0.4) is 0 Å². The summed E-state index contributed by atoms with van der Waals surface area (Å²) >= 11 is 0. The van der Waals surface area contributed by atoms with E-state index in [9.17, 15) is 4.79 Å². The summed E-state index contributed by atoms with van der Waals surface area (Å²) in [5.41, 5.74) is 5.89. The number of carbonyl (C=O) groups is 1. The van der Waals surface area contributed by atoms with Crippen molar-refractivity contribution in [2.24, 2.45) is 0 Å². The van der Waals surface area contributed by atoms with Crippen LogP contribution in [-0.4, -0.2) is 6.29 Å². The van der Waals surface area contributed by atoms with E-state index in [4.69, 9.17) is 6.42 Å². The second kappa shape index (κ2) is 6.72. The van der Waals surface area contributed by atoms with Crippen molar-refractivity contribution in [3.63, 3.8) is 0 Å². The van der Waals surface area contributed by atoms with E-state index in [-0.39, 0.29) is 0 Å². The number of terminal acetylenes is 1. The number of aryl methyl sites for hydroxylation is 1. The second-order valence-electron chi connectivity index (χ2n) is 4.94. The van der Waals surface area contributed by atoms with Crippen LogP contribution in [0, 0.1) is 19.3 Å². The molecule has 2 aromatic rings. The maximum atomic E-state index is 11.3. The largest absolute Gasteiger partial charge is 0.298 e. The topological polar surface area (TPSA) is 17.1 Å². The van der Waals surface area contributed by atoms with Gasteiger partial charge in [-0.2, -0.15) is 0 Å². The van der Waals surface area contributed by atoms with Gasteiger partial charge in [0.2, 0.25) is 0 Å². The van der Waals surface area contributed by atoms with Crippen molar-refractivity contribution in [2.75, 3.05) is 0 Å². The average molecular weight is 274 g/mol. The van der Waals surface area contributed by atoms with E-state index in [1.165, 1.54) is 0 Å². The zero-order valence-electron chi connectivity index (χ0n) is 12.4. The molecule has 0 heterocycles. The molecule has 21 heavy (non-hydrogen) atoms. The van der Waals surface area contributed by atoms with Gasteiger partial charge in [-0.3, -0.25) is 4.79 Å². The van der Waals surface area contributed by atoms with Crippen LogP contribution in [0.2, 0.25) is 0 Å². The van der Waals surface area contributed by atoms with Crippen LogP contribution in [0.5, 0.6) is 0 Å². The lowest BCUT2D eigenvalue weighted by Crippen LogP contribution is -1.92. The Morgan fingerprint density at radius 1 is 1.14 bits per heavy atom. The molecule has 0 spiro atoms. The Morgan fingerprint density at radius 2 is 1.81 bits per heavy atom. The number of aldehydes is 1. The van der Waals surface area contributed by atoms with Gasteiger partial charge in [-0.15, -0.1) is 6.42 Å². The molecule has 0 radical (unpaired) electrons. The SMILES string of the molecule is C#Cc1ccc(-c2ccc(C)c(/C(C=O)=C\CC)c2)cc1. The lowest BCUT2D eigenvalue weighted by atomic mass is 9.95. The fourth-order valence-electron chi connectivity index (χ4n) is 2.31. The van der Waals surface area contributed by atoms with Crippen LogP contribution < -0.4 is 0 Å². The summed E-state index contributed by atoms with van der Waals surface area (Å²) in [6, 6.07) is 14.1. The molecule has 0 unspecified atom stereocenters. The summed E-state index contributed by atoms with van der Waals surface area (Å²) in [6.07, 6.45) is 9.11. The average Bonchev–Trinajstić information content (AvgIpc) is 2.53. The molecule has 0 saturated carbocycles. The van der Waals surface area contributed by atoms with Gasteiger partial charge in [0.15, 0.2) is 0 Å². The van der Waals surface area contributed by atoms with Gasteiger partial charge in [0, 0.05) is 11.1 Å². The molecule has 0 atom stereocenters. The van der Waals surface area contributed by atoms with Crippen LogP contribution >= 0.6 is 0 Å². The van der Waals surface area contributed by atoms with Crippen molar-refractivity contribution in [2.45, 2.75) is 20.3 Å². The molecular formula is C20H18O. The van der Waals surface area contributed by atoms with E-state index >= 15 is 0 Å². The van der Waals surface area contributed by atoms with E-state index < -0.39 is 0 Å². The molecule has 0 aliphatic rings. The van der Waals surface area contributed by atoms with E-state index in [1.54, 1.807) is 0 Å². The number of hydrogen-bond acceptors (Lipinski definition) is 1. The zero-order chi connectivity index (χ0) is 15.2. The van der Waals surface area contributed by atoms with Crippen molar-refractivity contribution >= 4 is 11.9 Å². The molecule has 0 amide bonds. The third kappa shape index (κ3) is 3.30. The monoisotopic (exact) mass is 274 g/mol. The smallest absolute Gasteiger partial charge is 0.150 e. The van der Waals surface area contributed by atoms with Crippen molar-refractivity contribution in [3.8, 4) is 23.5 Å². The van der Waals surface area contributed by atoms with Crippen LogP contribution in [-0.2, 0) is 4.79 Å². The number of carbonyl (C=O) groups excluding carboxylic acids is 1. The first-order valence-corrected chi connectivity index (χ1v) is 7.03. The van der Waals surface area contributed by atoms with Crippen molar-refractivity contribution in [1.82, 2.24) is 0 Å². The minimum Gasteiger partial charge on any atom is -0.298 e. The molecular weight excluding hydrogens is 256 g/mol. The van der Waals surface area contributed by atoms with Crippen LogP contribution in [0.4, 0.5) is 0 Å². The molecule has 2 aromatic carbocycles. The number of allylic oxidation sites excluding steroid dienone is 2. The molecule has 0 N–H and O–H groups in total. The summed E-state index contributed by atoms with van der Waals surface area (Å²) in [6.45, 7) is 4.05. The molecule has 0 aliphatic heterocycles. The van der Waals surface area contributed by atoms with Crippen LogP contribution in [0.25, 0.3) is 16.7 Å². The van der Waals surface area contributed by atoms with Gasteiger partial charge < -0.3 is 0 Å². The lowest BCUT2D eigenvalue weighted by molar-refractivity contribution is -0.103. The highest BCUT2D eigenvalue weighted by molar-refractivity contribution is 6.07. The molecule has 0 aliphatic carbocycles. The summed E-state index contributed by atoms with van der Waals surface area (Å²) in [7, 11) is 0. The summed E-state index contributed by atoms with van der Waals surface area (Å²) in [5.74, 6) is 2.61. The molecule has 0 saturated heterocycles. The third-order valence-electron chi connectivity index (χ3n) is 3.48. The van der Waals surface area contributed by atoms with E-state index in [0.717, 1.165) is 46.1 Å². The molecule has 1 heteroatoms. The van der Waals surface area contributed by atoms with Crippen molar-refractivity contribution in [1.29, 1.82) is 0 Å². The first-order valence-electron chi connectivity index (χ1n) is 7.03. The van der Waals surface area contributed by atoms with E-state index in [0.29, 0.717) is 0 Å². The quantitative estimate of drug-likeness (QED) is 0.451. The van der Waals surface area contributed by atoms with E-state index in [1.807, 2.05) is 50.3 Å². The summed E-state index contributed by atoms with van der Waals surface area (Å²) in [4.78, 5) is 11.3. The first-order chi connectivity index (χ1) is 10.2. The lowest BCUT2D eigenvalue weighted by Gasteiger charge is -2.09. The number of rotatable bonds is 4. The van der Waals surface area contributed by atoms with Gasteiger partial charge >= 0.3 is 0 Å². The zero-order valence-corrected chi connectivity index (χ0v) is 12.4. The number of benzene rings is 2. The van der Waals surface area contributed by atoms with Crippen LogP contribution in [0.1, 0.15) is 30.0 Å². The maximum Gasteiger partial charge on any atom is 0.150 e. The Bertz CT molecular complexity index is 712. The molecule has 2 rings (SSSR count). The van der Waals surface area contributed by atoms with Gasteiger partial charge in [-0.05, 0) is 53.8 Å². The second-order valence-corrected chi connectivity index (χ2v) is 4.94. The highest BCUT2D eigenvalue weighted by atomic mass is 16.1. The summed E-state index contributed by atoms with van der Waals surface area (Å²) < 4.78 is 0. The predicted octanol–water partition coefficient (Wildman–Crippen LogP) is 4.64. The molecule has 0 aromatic heterocycles. The minimum atomic E-state index is 0.747. The highest BCUT2D eigenvalue weighted by Crippen LogP contribution is 2.26. The Kier molecular flexibility index (Phi) is 4.74. The molecule has 104 valence electrons. The molecule has 1 nitrogen and oxygen atoms in total. The number of hydrogen-bond donors (Lipinski definition) is 0. The van der Waals surface area contributed by atoms with Crippen molar-refractivity contribution < 1.29 is 4.79 Å². The van der Waals surface area contributed by atoms with E-state index in [2.05, 4.69) is 18.1 Å².